The lowest BCUT2D eigenvalue weighted by molar-refractivity contribution is 0.166. The van der Waals surface area contributed by atoms with Gasteiger partial charge in [-0.3, -0.25) is 0 Å². The van der Waals surface area contributed by atoms with Gasteiger partial charge in [0.25, 0.3) is 0 Å². The Labute approximate surface area is 96.8 Å². The van der Waals surface area contributed by atoms with Crippen LogP contribution in [0.1, 0.15) is 18.1 Å². The predicted octanol–water partition coefficient (Wildman–Crippen LogP) is 1.55. The summed E-state index contributed by atoms with van der Waals surface area (Å²) in [4.78, 5) is 0. The molecule has 0 radical (unpaired) electrons. The molecule has 0 fully saturated rings. The van der Waals surface area contributed by atoms with E-state index in [0.29, 0.717) is 28.8 Å². The minimum Gasteiger partial charge on any atom is -0.506 e. The second-order valence-electron chi connectivity index (χ2n) is 3.11. The zero-order chi connectivity index (χ0) is 11.4. The van der Waals surface area contributed by atoms with Crippen LogP contribution in [0.3, 0.4) is 0 Å². The van der Waals surface area contributed by atoms with Gasteiger partial charge in [0.05, 0.1) is 13.2 Å². The Bertz CT molecular complexity index is 344. The number of aliphatic hydroxyl groups is 1. The summed E-state index contributed by atoms with van der Waals surface area (Å²) in [6.07, 6.45) is -0.344. The van der Waals surface area contributed by atoms with E-state index in [9.17, 15) is 10.2 Å². The molecule has 15 heavy (non-hydrogen) atoms. The number of phenolic OH excluding ortho intramolecular Hbond substituents is 1. The Morgan fingerprint density at radius 1 is 1.53 bits per heavy atom. The van der Waals surface area contributed by atoms with E-state index in [4.69, 9.17) is 10.5 Å². The van der Waals surface area contributed by atoms with E-state index in [-0.39, 0.29) is 5.75 Å². The first kappa shape index (κ1) is 12.3. The molecule has 0 saturated carbocycles. The van der Waals surface area contributed by atoms with Gasteiger partial charge in [-0.05, 0) is 41.0 Å². The van der Waals surface area contributed by atoms with Gasteiger partial charge in [0.2, 0.25) is 0 Å². The highest BCUT2D eigenvalue weighted by Gasteiger charge is 2.16. The largest absolute Gasteiger partial charge is 0.506 e. The highest BCUT2D eigenvalue weighted by atomic mass is 79.9. The average Bonchev–Trinajstić information content (AvgIpc) is 2.22. The van der Waals surface area contributed by atoms with Crippen molar-refractivity contribution >= 4 is 15.9 Å². The molecule has 1 aromatic rings. The lowest BCUT2D eigenvalue weighted by Gasteiger charge is -2.14. The second kappa shape index (κ2) is 5.34. The van der Waals surface area contributed by atoms with Gasteiger partial charge in [-0.2, -0.15) is 0 Å². The van der Waals surface area contributed by atoms with Crippen LogP contribution in [0.4, 0.5) is 0 Å². The molecule has 1 unspecified atom stereocenters. The molecule has 0 amide bonds. The fraction of sp³-hybridized carbons (Fsp3) is 0.400. The molecule has 0 spiro atoms. The zero-order valence-corrected chi connectivity index (χ0v) is 9.99. The normalized spacial score (nSPS) is 12.5. The Morgan fingerprint density at radius 2 is 2.20 bits per heavy atom. The minimum absolute atomic E-state index is 0.00435. The van der Waals surface area contributed by atoms with Crippen molar-refractivity contribution in [3.63, 3.8) is 0 Å². The molecule has 0 heterocycles. The summed E-state index contributed by atoms with van der Waals surface area (Å²) in [5, 5.41) is 19.5. The summed E-state index contributed by atoms with van der Waals surface area (Å²) >= 11 is 3.19. The molecular weight excluding hydrogens is 262 g/mol. The highest BCUT2D eigenvalue weighted by Crippen LogP contribution is 2.39. The van der Waals surface area contributed by atoms with Gasteiger partial charge in [0.15, 0.2) is 0 Å². The summed E-state index contributed by atoms with van der Waals surface area (Å²) in [6, 6.07) is 3.30. The van der Waals surface area contributed by atoms with Crippen molar-refractivity contribution in [2.75, 3.05) is 13.7 Å². The van der Waals surface area contributed by atoms with Crippen molar-refractivity contribution in [2.24, 2.45) is 5.73 Å². The van der Waals surface area contributed by atoms with E-state index in [1.165, 1.54) is 7.11 Å². The van der Waals surface area contributed by atoms with Crippen LogP contribution in [0, 0.1) is 0 Å². The lowest BCUT2D eigenvalue weighted by Crippen LogP contribution is -2.07. The monoisotopic (exact) mass is 275 g/mol. The molecule has 1 aromatic carbocycles. The molecule has 1 atom stereocenters. The molecule has 0 saturated heterocycles. The van der Waals surface area contributed by atoms with E-state index in [1.54, 1.807) is 12.1 Å². The Balaban J connectivity index is 3.06. The van der Waals surface area contributed by atoms with Crippen LogP contribution in [-0.4, -0.2) is 23.9 Å². The number of halogens is 1. The molecule has 0 aromatic heterocycles. The highest BCUT2D eigenvalue weighted by molar-refractivity contribution is 9.10. The van der Waals surface area contributed by atoms with Crippen LogP contribution in [0.5, 0.6) is 11.5 Å². The lowest BCUT2D eigenvalue weighted by atomic mass is 10.1. The van der Waals surface area contributed by atoms with Crippen molar-refractivity contribution in [1.29, 1.82) is 0 Å². The van der Waals surface area contributed by atoms with Gasteiger partial charge in [-0.25, -0.2) is 0 Å². The van der Waals surface area contributed by atoms with Crippen LogP contribution < -0.4 is 10.5 Å². The summed E-state index contributed by atoms with van der Waals surface area (Å²) in [7, 11) is 1.51. The third kappa shape index (κ3) is 2.62. The summed E-state index contributed by atoms with van der Waals surface area (Å²) < 4.78 is 5.45. The molecule has 84 valence electrons. The molecule has 4 N–H and O–H groups in total. The van der Waals surface area contributed by atoms with Crippen LogP contribution >= 0.6 is 15.9 Å². The molecule has 0 aliphatic rings. The Hall–Kier alpha value is -0.780. The first-order valence-electron chi connectivity index (χ1n) is 4.55. The van der Waals surface area contributed by atoms with Gasteiger partial charge >= 0.3 is 0 Å². The van der Waals surface area contributed by atoms with Crippen molar-refractivity contribution in [2.45, 2.75) is 12.5 Å². The van der Waals surface area contributed by atoms with Crippen LogP contribution in [0.15, 0.2) is 16.6 Å². The standard InChI is InChI=1S/C10H14BrNO3/c1-15-8-3-2-6(7(13)4-5-12)10(14)9(8)11/h2-3,7,13-14H,4-5,12H2,1H3. The van der Waals surface area contributed by atoms with Crippen LogP contribution in [-0.2, 0) is 0 Å². The van der Waals surface area contributed by atoms with Gasteiger partial charge < -0.3 is 20.7 Å². The number of hydrogen-bond acceptors (Lipinski definition) is 4. The fourth-order valence-corrected chi connectivity index (χ4v) is 1.82. The van der Waals surface area contributed by atoms with Gasteiger partial charge in [0, 0.05) is 5.56 Å². The van der Waals surface area contributed by atoms with E-state index >= 15 is 0 Å². The number of hydrogen-bond donors (Lipinski definition) is 3. The number of phenols is 1. The van der Waals surface area contributed by atoms with Crippen molar-refractivity contribution in [1.82, 2.24) is 0 Å². The van der Waals surface area contributed by atoms with E-state index in [0.717, 1.165) is 0 Å². The topological polar surface area (TPSA) is 75.7 Å². The minimum atomic E-state index is -0.753. The van der Waals surface area contributed by atoms with Crippen molar-refractivity contribution in [3.8, 4) is 11.5 Å². The fourth-order valence-electron chi connectivity index (χ4n) is 1.30. The number of methoxy groups -OCH3 is 1. The molecule has 1 rings (SSSR count). The predicted molar refractivity (Wildman–Crippen MR) is 61.0 cm³/mol. The quantitative estimate of drug-likeness (QED) is 0.779. The van der Waals surface area contributed by atoms with E-state index < -0.39 is 6.10 Å². The van der Waals surface area contributed by atoms with Crippen molar-refractivity contribution in [3.05, 3.63) is 22.2 Å². The number of ether oxygens (including phenoxy) is 1. The van der Waals surface area contributed by atoms with Gasteiger partial charge in [-0.1, -0.05) is 0 Å². The first-order chi connectivity index (χ1) is 7.11. The van der Waals surface area contributed by atoms with E-state index in [1.807, 2.05) is 0 Å². The molecular formula is C10H14BrNO3. The maximum absolute atomic E-state index is 9.78. The number of aliphatic hydroxyl groups excluding tert-OH is 1. The first-order valence-corrected chi connectivity index (χ1v) is 5.34. The molecule has 0 aliphatic heterocycles. The average molecular weight is 276 g/mol. The number of nitrogens with two attached hydrogens (primary N) is 1. The summed E-state index contributed by atoms with van der Waals surface area (Å²) in [5.74, 6) is 0.520. The van der Waals surface area contributed by atoms with Crippen LogP contribution in [0.2, 0.25) is 0 Å². The Morgan fingerprint density at radius 3 is 2.73 bits per heavy atom. The summed E-state index contributed by atoms with van der Waals surface area (Å²) in [5.41, 5.74) is 5.78. The maximum atomic E-state index is 9.78. The third-order valence-corrected chi connectivity index (χ3v) is 2.90. The van der Waals surface area contributed by atoms with Gasteiger partial charge in [0.1, 0.15) is 16.0 Å². The molecule has 5 heteroatoms. The molecule has 0 aliphatic carbocycles. The Kier molecular flexibility index (Phi) is 4.38. The van der Waals surface area contributed by atoms with Crippen molar-refractivity contribution < 1.29 is 14.9 Å². The molecule has 4 nitrogen and oxygen atoms in total. The smallest absolute Gasteiger partial charge is 0.139 e. The van der Waals surface area contributed by atoms with E-state index in [2.05, 4.69) is 15.9 Å². The third-order valence-electron chi connectivity index (χ3n) is 2.13. The SMILES string of the molecule is COc1ccc(C(O)CCN)c(O)c1Br. The second-order valence-corrected chi connectivity index (χ2v) is 3.91. The number of aromatic hydroxyl groups is 1. The maximum Gasteiger partial charge on any atom is 0.139 e. The number of rotatable bonds is 4. The van der Waals surface area contributed by atoms with Crippen LogP contribution in [0.25, 0.3) is 0 Å². The zero-order valence-electron chi connectivity index (χ0n) is 8.40. The van der Waals surface area contributed by atoms with Gasteiger partial charge in [-0.15, -0.1) is 0 Å². The number of benzene rings is 1. The molecule has 0 bridgehead atoms. The summed E-state index contributed by atoms with van der Waals surface area (Å²) in [6.45, 7) is 0.365.